The van der Waals surface area contributed by atoms with Crippen LogP contribution in [0.3, 0.4) is 0 Å². The number of aromatic nitrogens is 2. The molecule has 0 N–H and O–H groups in total. The molecule has 1 fully saturated rings. The molecule has 0 radical (unpaired) electrons. The third kappa shape index (κ3) is 3.61. The maximum Gasteiger partial charge on any atom is 0.251 e. The lowest BCUT2D eigenvalue weighted by Crippen LogP contribution is -2.58. The molecule has 0 aliphatic carbocycles. The predicted octanol–water partition coefficient (Wildman–Crippen LogP) is 2.53. The van der Waals surface area contributed by atoms with Crippen LogP contribution in [0.1, 0.15) is 30.9 Å². The van der Waals surface area contributed by atoms with Crippen LogP contribution in [0.2, 0.25) is 0 Å². The van der Waals surface area contributed by atoms with Gasteiger partial charge in [-0.25, -0.2) is 0 Å². The number of likely N-dealkylation sites (N-methyl/N-ethyl adjacent to an activating group) is 1. The Morgan fingerprint density at radius 1 is 1.24 bits per heavy atom. The molecule has 0 spiro atoms. The van der Waals surface area contributed by atoms with Crippen LogP contribution in [0, 0.1) is 0 Å². The molecule has 1 aliphatic heterocycles. The lowest BCUT2D eigenvalue weighted by atomic mass is 9.87. The van der Waals surface area contributed by atoms with E-state index in [9.17, 15) is 4.79 Å². The second-order valence-corrected chi connectivity index (χ2v) is 7.17. The van der Waals surface area contributed by atoms with Gasteiger partial charge in [0.05, 0.1) is 0 Å². The fourth-order valence-corrected chi connectivity index (χ4v) is 3.79. The van der Waals surface area contributed by atoms with E-state index in [1.165, 1.54) is 11.1 Å². The molecule has 2 aromatic rings. The number of nitrogens with zero attached hydrogens (tertiary/aromatic N) is 4. The first kappa shape index (κ1) is 17.7. The van der Waals surface area contributed by atoms with Gasteiger partial charge in [0.2, 0.25) is 0 Å². The molecule has 1 amide bonds. The topological polar surface area (TPSA) is 41.4 Å². The molecule has 1 unspecified atom stereocenters. The third-order valence-electron chi connectivity index (χ3n) is 5.13. The van der Waals surface area contributed by atoms with Gasteiger partial charge in [-0.05, 0) is 43.0 Å². The summed E-state index contributed by atoms with van der Waals surface area (Å²) in [6.07, 6.45) is 6.56. The summed E-state index contributed by atoms with van der Waals surface area (Å²) in [7, 11) is 3.66. The van der Waals surface area contributed by atoms with Gasteiger partial charge in [-0.3, -0.25) is 14.4 Å². The Morgan fingerprint density at radius 3 is 2.56 bits per heavy atom. The highest BCUT2D eigenvalue weighted by Gasteiger charge is 2.45. The van der Waals surface area contributed by atoms with Gasteiger partial charge in [-0.1, -0.05) is 31.2 Å². The van der Waals surface area contributed by atoms with Crippen LogP contribution in [0.4, 0.5) is 0 Å². The average molecular weight is 340 g/mol. The summed E-state index contributed by atoms with van der Waals surface area (Å²) in [6.45, 7) is 4.75. The minimum absolute atomic E-state index is 0.127. The van der Waals surface area contributed by atoms with Crippen molar-refractivity contribution in [1.29, 1.82) is 0 Å². The number of carbonyl (C=O) groups excluding carboxylic acids is 1. The van der Waals surface area contributed by atoms with E-state index in [0.717, 1.165) is 32.4 Å². The number of carbonyl (C=O) groups is 1. The highest BCUT2D eigenvalue weighted by Crippen LogP contribution is 2.31. The van der Waals surface area contributed by atoms with Crippen molar-refractivity contribution in [3.63, 3.8) is 0 Å². The van der Waals surface area contributed by atoms with Gasteiger partial charge in [-0.15, -0.1) is 0 Å². The maximum atomic E-state index is 13.0. The fraction of sp³-hybridized carbons (Fsp3) is 0.500. The van der Waals surface area contributed by atoms with Crippen molar-refractivity contribution in [3.8, 4) is 0 Å². The Labute approximate surface area is 150 Å². The zero-order chi connectivity index (χ0) is 17.9. The summed E-state index contributed by atoms with van der Waals surface area (Å²) in [4.78, 5) is 17.1. The molecule has 1 saturated heterocycles. The predicted molar refractivity (Wildman–Crippen MR) is 99.2 cm³/mol. The summed E-state index contributed by atoms with van der Waals surface area (Å²) >= 11 is 0. The van der Waals surface area contributed by atoms with Gasteiger partial charge in [-0.2, -0.15) is 5.10 Å². The Hall–Kier alpha value is -2.14. The number of hydrogen-bond acceptors (Lipinski definition) is 3. The van der Waals surface area contributed by atoms with Crippen molar-refractivity contribution < 1.29 is 4.79 Å². The van der Waals surface area contributed by atoms with Crippen LogP contribution in [-0.4, -0.2) is 52.7 Å². The average Bonchev–Trinajstić information content (AvgIpc) is 3.17. The molecule has 1 aliphatic rings. The first-order valence-corrected chi connectivity index (χ1v) is 9.07. The highest BCUT2D eigenvalue weighted by atomic mass is 16.2. The summed E-state index contributed by atoms with van der Waals surface area (Å²) in [5, 5.41) is 4.42. The van der Waals surface area contributed by atoms with Crippen molar-refractivity contribution in [2.45, 2.75) is 38.3 Å². The molecular formula is C20H28N4O. The van der Waals surface area contributed by atoms with Crippen molar-refractivity contribution in [2.75, 3.05) is 27.2 Å². The third-order valence-corrected chi connectivity index (χ3v) is 5.13. The standard InChI is InChI=1S/C20H28N4O/c1-4-17-7-9-18(10-8-17)15-23-13-5-11-20(16-23,19(25)22(2)3)24-14-6-12-21-24/h6-10,12,14H,4-5,11,13,15-16H2,1-3H3. The minimum Gasteiger partial charge on any atom is -0.347 e. The summed E-state index contributed by atoms with van der Waals surface area (Å²) < 4.78 is 1.86. The van der Waals surface area contributed by atoms with Crippen molar-refractivity contribution in [2.24, 2.45) is 0 Å². The SMILES string of the molecule is CCc1ccc(CN2CCCC(C(=O)N(C)C)(n3cccn3)C2)cc1. The lowest BCUT2D eigenvalue weighted by Gasteiger charge is -2.43. The molecule has 3 rings (SSSR count). The van der Waals surface area contributed by atoms with E-state index in [-0.39, 0.29) is 5.91 Å². The van der Waals surface area contributed by atoms with Crippen molar-refractivity contribution in [1.82, 2.24) is 19.6 Å². The van der Waals surface area contributed by atoms with E-state index in [1.54, 1.807) is 11.1 Å². The van der Waals surface area contributed by atoms with Gasteiger partial charge < -0.3 is 4.90 Å². The molecule has 1 atom stereocenters. The molecule has 5 heteroatoms. The first-order chi connectivity index (χ1) is 12.0. The van der Waals surface area contributed by atoms with Crippen LogP contribution in [0.25, 0.3) is 0 Å². The lowest BCUT2D eigenvalue weighted by molar-refractivity contribution is -0.142. The smallest absolute Gasteiger partial charge is 0.251 e. The number of amides is 1. The molecule has 134 valence electrons. The number of hydrogen-bond donors (Lipinski definition) is 0. The van der Waals surface area contributed by atoms with Crippen LogP contribution < -0.4 is 0 Å². The van der Waals surface area contributed by atoms with Gasteiger partial charge in [0.15, 0.2) is 5.54 Å². The van der Waals surface area contributed by atoms with Gasteiger partial charge >= 0.3 is 0 Å². The van der Waals surface area contributed by atoms with Crippen LogP contribution in [0.5, 0.6) is 0 Å². The van der Waals surface area contributed by atoms with Crippen molar-refractivity contribution >= 4 is 5.91 Å². The number of piperidine rings is 1. The zero-order valence-electron chi connectivity index (χ0n) is 15.5. The Bertz CT molecular complexity index is 693. The molecule has 2 heterocycles. The minimum atomic E-state index is -0.603. The van der Waals surface area contributed by atoms with E-state index in [1.807, 2.05) is 31.0 Å². The molecular weight excluding hydrogens is 312 g/mol. The van der Waals surface area contributed by atoms with Crippen molar-refractivity contribution in [3.05, 3.63) is 53.9 Å². The summed E-state index contributed by atoms with van der Waals surface area (Å²) in [5.41, 5.74) is 2.05. The molecule has 0 bridgehead atoms. The zero-order valence-corrected chi connectivity index (χ0v) is 15.5. The Kier molecular flexibility index (Phi) is 5.23. The summed E-state index contributed by atoms with van der Waals surface area (Å²) in [5.74, 6) is 0.127. The quantitative estimate of drug-likeness (QED) is 0.840. The largest absolute Gasteiger partial charge is 0.347 e. The Morgan fingerprint density at radius 2 is 1.96 bits per heavy atom. The maximum absolute atomic E-state index is 13.0. The van der Waals surface area contributed by atoms with E-state index in [4.69, 9.17) is 0 Å². The Balaban J connectivity index is 1.82. The first-order valence-electron chi connectivity index (χ1n) is 9.07. The number of likely N-dealkylation sites (tertiary alicyclic amines) is 1. The second-order valence-electron chi connectivity index (χ2n) is 7.17. The van der Waals surface area contributed by atoms with E-state index < -0.39 is 5.54 Å². The molecule has 1 aromatic heterocycles. The van der Waals surface area contributed by atoms with Gasteiger partial charge in [0, 0.05) is 39.6 Å². The summed E-state index contributed by atoms with van der Waals surface area (Å²) in [6, 6.07) is 10.7. The van der Waals surface area contributed by atoms with Crippen LogP contribution >= 0.6 is 0 Å². The van der Waals surface area contributed by atoms with Gasteiger partial charge in [0.25, 0.3) is 5.91 Å². The van der Waals surface area contributed by atoms with Gasteiger partial charge in [0.1, 0.15) is 0 Å². The fourth-order valence-electron chi connectivity index (χ4n) is 3.79. The number of benzene rings is 1. The number of rotatable bonds is 5. The second kappa shape index (κ2) is 7.40. The van der Waals surface area contributed by atoms with E-state index in [2.05, 4.69) is 41.2 Å². The van der Waals surface area contributed by atoms with E-state index in [0.29, 0.717) is 6.54 Å². The van der Waals surface area contributed by atoms with Crippen LogP contribution in [-0.2, 0) is 23.3 Å². The number of aryl methyl sites for hydroxylation is 1. The molecule has 5 nitrogen and oxygen atoms in total. The molecule has 1 aromatic carbocycles. The van der Waals surface area contributed by atoms with E-state index >= 15 is 0 Å². The molecule has 0 saturated carbocycles. The monoisotopic (exact) mass is 340 g/mol. The molecule has 25 heavy (non-hydrogen) atoms. The van der Waals surface area contributed by atoms with Crippen LogP contribution in [0.15, 0.2) is 42.7 Å². The normalized spacial score (nSPS) is 21.2. The highest BCUT2D eigenvalue weighted by molar-refractivity contribution is 5.84.